The van der Waals surface area contributed by atoms with Gasteiger partial charge in [-0.3, -0.25) is 4.79 Å². The van der Waals surface area contributed by atoms with E-state index in [2.05, 4.69) is 5.32 Å². The van der Waals surface area contributed by atoms with Crippen LogP contribution in [0.1, 0.15) is 31.9 Å². The predicted octanol–water partition coefficient (Wildman–Crippen LogP) is 1.61. The summed E-state index contributed by atoms with van der Waals surface area (Å²) in [4.78, 5) is 11.4. The van der Waals surface area contributed by atoms with E-state index in [1.807, 2.05) is 31.2 Å². The van der Waals surface area contributed by atoms with Crippen LogP contribution in [0.2, 0.25) is 0 Å². The zero-order valence-electron chi connectivity index (χ0n) is 10.6. The van der Waals surface area contributed by atoms with Gasteiger partial charge in [-0.1, -0.05) is 25.1 Å². The molecule has 1 unspecified atom stereocenters. The fraction of sp³-hybridized carbons (Fsp3) is 0.462. The van der Waals surface area contributed by atoms with Gasteiger partial charge >= 0.3 is 0 Å². The summed E-state index contributed by atoms with van der Waals surface area (Å²) in [6.45, 7) is 3.73. The number of carbonyl (C=O) groups is 1. The smallest absolute Gasteiger partial charge is 0.260 e. The van der Waals surface area contributed by atoms with Crippen LogP contribution in [0.4, 0.5) is 0 Å². The molecule has 1 aromatic carbocycles. The molecule has 0 saturated heterocycles. The molecule has 3 N–H and O–H groups in total. The first-order chi connectivity index (χ1) is 8.10. The van der Waals surface area contributed by atoms with Crippen LogP contribution in [-0.2, 0) is 4.79 Å². The summed E-state index contributed by atoms with van der Waals surface area (Å²) in [7, 11) is 1.59. The minimum atomic E-state index is -0.523. The molecule has 0 heterocycles. The van der Waals surface area contributed by atoms with E-state index in [-0.39, 0.29) is 11.9 Å². The van der Waals surface area contributed by atoms with Crippen LogP contribution in [-0.4, -0.2) is 19.1 Å². The topological polar surface area (TPSA) is 64.3 Å². The van der Waals surface area contributed by atoms with Crippen LogP contribution in [0.15, 0.2) is 24.3 Å². The largest absolute Gasteiger partial charge is 0.481 e. The third-order valence-corrected chi connectivity index (χ3v) is 2.68. The monoisotopic (exact) mass is 236 g/mol. The molecular weight excluding hydrogens is 216 g/mol. The molecule has 0 radical (unpaired) electrons. The second-order valence-corrected chi connectivity index (χ2v) is 3.93. The van der Waals surface area contributed by atoms with Gasteiger partial charge in [0, 0.05) is 18.7 Å². The molecule has 1 rings (SSSR count). The number of para-hydroxylation sites is 1. The molecule has 0 saturated carbocycles. The number of rotatable bonds is 5. The van der Waals surface area contributed by atoms with Crippen molar-refractivity contribution in [2.24, 2.45) is 5.73 Å². The summed E-state index contributed by atoms with van der Waals surface area (Å²) in [6.07, 6.45) is 0.305. The predicted molar refractivity (Wildman–Crippen MR) is 67.8 cm³/mol. The van der Waals surface area contributed by atoms with Gasteiger partial charge in [0.15, 0.2) is 6.10 Å². The van der Waals surface area contributed by atoms with Gasteiger partial charge in [0.2, 0.25) is 0 Å². The van der Waals surface area contributed by atoms with Crippen LogP contribution in [0, 0.1) is 0 Å². The number of amides is 1. The maximum atomic E-state index is 11.4. The van der Waals surface area contributed by atoms with E-state index in [1.54, 1.807) is 14.0 Å². The molecule has 1 amide bonds. The summed E-state index contributed by atoms with van der Waals surface area (Å²) in [5, 5.41) is 2.55. The number of nitrogens with one attached hydrogen (secondary N) is 1. The van der Waals surface area contributed by atoms with Crippen LogP contribution < -0.4 is 15.8 Å². The highest BCUT2D eigenvalue weighted by Crippen LogP contribution is 2.26. The Labute approximate surface area is 102 Å². The van der Waals surface area contributed by atoms with Crippen LogP contribution >= 0.6 is 0 Å². The van der Waals surface area contributed by atoms with Gasteiger partial charge in [0.25, 0.3) is 5.91 Å². The van der Waals surface area contributed by atoms with E-state index in [0.29, 0.717) is 5.75 Å². The van der Waals surface area contributed by atoms with Crippen molar-refractivity contribution >= 4 is 5.91 Å². The third kappa shape index (κ3) is 3.46. The maximum Gasteiger partial charge on any atom is 0.260 e. The van der Waals surface area contributed by atoms with Crippen LogP contribution in [0.3, 0.4) is 0 Å². The lowest BCUT2D eigenvalue weighted by atomic mass is 10.0. The number of hydrogen-bond acceptors (Lipinski definition) is 3. The van der Waals surface area contributed by atoms with Gasteiger partial charge in [-0.05, 0) is 19.4 Å². The zero-order chi connectivity index (χ0) is 12.8. The molecule has 2 atom stereocenters. The van der Waals surface area contributed by atoms with Crippen molar-refractivity contribution in [1.29, 1.82) is 0 Å². The Morgan fingerprint density at radius 1 is 1.47 bits per heavy atom. The van der Waals surface area contributed by atoms with Gasteiger partial charge in [0.1, 0.15) is 5.75 Å². The van der Waals surface area contributed by atoms with Gasteiger partial charge in [-0.15, -0.1) is 0 Å². The molecule has 0 bridgehead atoms. The summed E-state index contributed by atoms with van der Waals surface area (Å²) < 4.78 is 5.63. The van der Waals surface area contributed by atoms with E-state index in [4.69, 9.17) is 10.5 Å². The minimum absolute atomic E-state index is 0.0666. The molecule has 0 aliphatic heterocycles. The number of likely N-dealkylation sites (N-methyl/N-ethyl adjacent to an activating group) is 1. The summed E-state index contributed by atoms with van der Waals surface area (Å²) in [5.41, 5.74) is 6.93. The molecule has 1 aromatic rings. The normalized spacial score (nSPS) is 13.9. The Hall–Kier alpha value is -1.55. The summed E-state index contributed by atoms with van der Waals surface area (Å²) in [6, 6.07) is 7.49. The van der Waals surface area contributed by atoms with Gasteiger partial charge < -0.3 is 15.8 Å². The van der Waals surface area contributed by atoms with Gasteiger partial charge in [-0.2, -0.15) is 0 Å². The Bertz CT molecular complexity index is 379. The maximum absolute atomic E-state index is 11.4. The highest BCUT2D eigenvalue weighted by molar-refractivity contribution is 5.80. The van der Waals surface area contributed by atoms with Crippen LogP contribution in [0.5, 0.6) is 5.75 Å². The second kappa shape index (κ2) is 6.25. The van der Waals surface area contributed by atoms with E-state index < -0.39 is 6.10 Å². The average molecular weight is 236 g/mol. The van der Waals surface area contributed by atoms with Crippen LogP contribution in [0.25, 0.3) is 0 Å². The lowest BCUT2D eigenvalue weighted by Gasteiger charge is -2.18. The first-order valence-electron chi connectivity index (χ1n) is 5.82. The molecule has 0 spiro atoms. The van der Waals surface area contributed by atoms with Crippen molar-refractivity contribution in [1.82, 2.24) is 5.32 Å². The number of hydrogen-bond donors (Lipinski definition) is 2. The summed E-state index contributed by atoms with van der Waals surface area (Å²) in [5.74, 6) is 0.530. The lowest BCUT2D eigenvalue weighted by Crippen LogP contribution is -2.34. The molecular formula is C13H20N2O2. The Morgan fingerprint density at radius 3 is 2.71 bits per heavy atom. The molecule has 17 heavy (non-hydrogen) atoms. The Balaban J connectivity index is 2.87. The fourth-order valence-corrected chi connectivity index (χ4v) is 1.56. The van der Waals surface area contributed by atoms with Gasteiger partial charge in [0.05, 0.1) is 0 Å². The number of ether oxygens (including phenoxy) is 1. The van der Waals surface area contributed by atoms with Crippen molar-refractivity contribution in [3.63, 3.8) is 0 Å². The molecule has 94 valence electrons. The molecule has 0 aliphatic carbocycles. The SMILES string of the molecule is CC[C@@H](N)c1ccccc1OC(C)C(=O)NC. The summed E-state index contributed by atoms with van der Waals surface area (Å²) >= 11 is 0. The highest BCUT2D eigenvalue weighted by atomic mass is 16.5. The number of nitrogens with two attached hydrogens (primary N) is 1. The van der Waals surface area contributed by atoms with E-state index >= 15 is 0 Å². The van der Waals surface area contributed by atoms with Crippen molar-refractivity contribution in [3.8, 4) is 5.75 Å². The van der Waals surface area contributed by atoms with E-state index in [9.17, 15) is 4.79 Å². The lowest BCUT2D eigenvalue weighted by molar-refractivity contribution is -0.126. The van der Waals surface area contributed by atoms with Gasteiger partial charge in [-0.25, -0.2) is 0 Å². The van der Waals surface area contributed by atoms with Crippen molar-refractivity contribution in [2.45, 2.75) is 32.4 Å². The van der Waals surface area contributed by atoms with Crippen molar-refractivity contribution in [2.75, 3.05) is 7.05 Å². The first-order valence-corrected chi connectivity index (χ1v) is 5.82. The van der Waals surface area contributed by atoms with Crippen molar-refractivity contribution in [3.05, 3.63) is 29.8 Å². The second-order valence-electron chi connectivity index (χ2n) is 3.93. The standard InChI is InChI=1S/C13H20N2O2/c1-4-11(14)10-7-5-6-8-12(10)17-9(2)13(16)15-3/h5-9,11H,4,14H2,1-3H3,(H,15,16)/t9?,11-/m1/s1. The Kier molecular flexibility index (Phi) is 4.97. The molecule has 0 fully saturated rings. The molecule has 4 nitrogen and oxygen atoms in total. The fourth-order valence-electron chi connectivity index (χ4n) is 1.56. The van der Waals surface area contributed by atoms with E-state index in [1.165, 1.54) is 0 Å². The average Bonchev–Trinajstić information content (AvgIpc) is 2.37. The van der Waals surface area contributed by atoms with E-state index in [0.717, 1.165) is 12.0 Å². The number of carbonyl (C=O) groups excluding carboxylic acids is 1. The van der Waals surface area contributed by atoms with Crippen molar-refractivity contribution < 1.29 is 9.53 Å². The number of benzene rings is 1. The molecule has 0 aromatic heterocycles. The third-order valence-electron chi connectivity index (χ3n) is 2.68. The zero-order valence-corrected chi connectivity index (χ0v) is 10.6. The highest BCUT2D eigenvalue weighted by Gasteiger charge is 2.16. The Morgan fingerprint density at radius 2 is 2.12 bits per heavy atom. The first kappa shape index (κ1) is 13.5. The minimum Gasteiger partial charge on any atom is -0.481 e. The quantitative estimate of drug-likeness (QED) is 0.816. The molecule has 0 aliphatic rings. The molecule has 4 heteroatoms.